The summed E-state index contributed by atoms with van der Waals surface area (Å²) < 4.78 is 27.0. The third kappa shape index (κ3) is 3.60. The van der Waals surface area contributed by atoms with Crippen LogP contribution in [0.25, 0.3) is 10.8 Å². The lowest BCUT2D eigenvalue weighted by Gasteiger charge is -2.31. The van der Waals surface area contributed by atoms with Gasteiger partial charge in [-0.3, -0.25) is 0 Å². The minimum Gasteiger partial charge on any atom is -0.207 e. The van der Waals surface area contributed by atoms with E-state index in [1.165, 1.54) is 34.0 Å². The molecule has 1 aliphatic carbocycles. The molecule has 0 fully saturated rings. The zero-order chi connectivity index (χ0) is 18.8. The molecule has 3 aromatic carbocycles. The first kappa shape index (κ1) is 17.7. The topological polar surface area (TPSA) is 0 Å². The SMILES string of the molecule is CCCC1CCc2c(ccc3ccccc23)C1C#Cc1cc(F)cc(F)c1. The van der Waals surface area contributed by atoms with Gasteiger partial charge in [-0.2, -0.15) is 0 Å². The highest BCUT2D eigenvalue weighted by Gasteiger charge is 2.28. The van der Waals surface area contributed by atoms with Crippen LogP contribution in [0.1, 0.15) is 48.8 Å². The number of aryl methyl sites for hydroxylation is 1. The molecule has 0 bridgehead atoms. The van der Waals surface area contributed by atoms with E-state index in [1.54, 1.807) is 0 Å². The Kier molecular flexibility index (Phi) is 4.94. The molecule has 0 spiro atoms. The average Bonchev–Trinajstić information content (AvgIpc) is 2.66. The van der Waals surface area contributed by atoms with Crippen molar-refractivity contribution >= 4 is 10.8 Å². The summed E-state index contributed by atoms with van der Waals surface area (Å²) in [6.07, 6.45) is 4.39. The molecule has 136 valence electrons. The quantitative estimate of drug-likeness (QED) is 0.451. The lowest BCUT2D eigenvalue weighted by molar-refractivity contribution is 0.394. The fourth-order valence-corrected chi connectivity index (χ4v) is 4.34. The number of hydrogen-bond donors (Lipinski definition) is 0. The van der Waals surface area contributed by atoms with Crippen molar-refractivity contribution < 1.29 is 8.78 Å². The van der Waals surface area contributed by atoms with Crippen LogP contribution in [-0.2, 0) is 6.42 Å². The molecule has 2 heteroatoms. The molecule has 0 nitrogen and oxygen atoms in total. The van der Waals surface area contributed by atoms with Gasteiger partial charge in [0, 0.05) is 17.5 Å². The third-order valence-corrected chi connectivity index (χ3v) is 5.54. The number of rotatable bonds is 2. The van der Waals surface area contributed by atoms with Crippen molar-refractivity contribution in [3.63, 3.8) is 0 Å². The summed E-state index contributed by atoms with van der Waals surface area (Å²) >= 11 is 0. The van der Waals surface area contributed by atoms with Gasteiger partial charge in [0.15, 0.2) is 0 Å². The number of fused-ring (bicyclic) bond motifs is 3. The first-order valence-electron chi connectivity index (χ1n) is 9.64. The van der Waals surface area contributed by atoms with E-state index < -0.39 is 11.6 Å². The number of benzene rings is 3. The minimum absolute atomic E-state index is 0.102. The van der Waals surface area contributed by atoms with E-state index in [9.17, 15) is 8.78 Å². The van der Waals surface area contributed by atoms with Crippen LogP contribution in [0, 0.1) is 29.4 Å². The summed E-state index contributed by atoms with van der Waals surface area (Å²) in [4.78, 5) is 0. The largest absolute Gasteiger partial charge is 0.207 e. The Morgan fingerprint density at radius 2 is 1.78 bits per heavy atom. The standard InChI is InChI=1S/C25H22F2/c1-2-5-18-9-12-24-22-7-4-3-6-19(22)10-13-25(24)23(18)11-8-17-14-20(26)16-21(27)15-17/h3-4,6-7,10,13-16,18,23H,2,5,9,12H2,1H3. The predicted molar refractivity (Wildman–Crippen MR) is 107 cm³/mol. The lowest BCUT2D eigenvalue weighted by Crippen LogP contribution is -2.20. The van der Waals surface area contributed by atoms with Crippen LogP contribution in [-0.4, -0.2) is 0 Å². The van der Waals surface area contributed by atoms with E-state index in [-0.39, 0.29) is 5.92 Å². The second-order valence-electron chi connectivity index (χ2n) is 7.35. The third-order valence-electron chi connectivity index (χ3n) is 5.54. The van der Waals surface area contributed by atoms with Gasteiger partial charge >= 0.3 is 0 Å². The Morgan fingerprint density at radius 3 is 2.56 bits per heavy atom. The molecule has 27 heavy (non-hydrogen) atoms. The smallest absolute Gasteiger partial charge is 0.127 e. The highest BCUT2D eigenvalue weighted by Crippen LogP contribution is 2.41. The number of halogens is 2. The molecule has 0 aromatic heterocycles. The summed E-state index contributed by atoms with van der Waals surface area (Å²) in [7, 11) is 0. The monoisotopic (exact) mass is 360 g/mol. The first-order valence-corrected chi connectivity index (χ1v) is 9.64. The molecule has 2 atom stereocenters. The van der Waals surface area contributed by atoms with E-state index in [2.05, 4.69) is 55.2 Å². The van der Waals surface area contributed by atoms with Crippen LogP contribution in [0.2, 0.25) is 0 Å². The van der Waals surface area contributed by atoms with Crippen LogP contribution >= 0.6 is 0 Å². The van der Waals surface area contributed by atoms with Gasteiger partial charge in [0.25, 0.3) is 0 Å². The molecule has 4 rings (SSSR count). The molecular formula is C25H22F2. The Labute approximate surface area is 159 Å². The minimum atomic E-state index is -0.584. The van der Waals surface area contributed by atoms with Gasteiger partial charge in [0.1, 0.15) is 11.6 Å². The molecule has 1 aliphatic rings. The summed E-state index contributed by atoms with van der Waals surface area (Å²) in [5.41, 5.74) is 3.06. The van der Waals surface area contributed by atoms with Gasteiger partial charge in [-0.25, -0.2) is 8.78 Å². The molecule has 0 saturated heterocycles. The Balaban J connectivity index is 1.80. The van der Waals surface area contributed by atoms with Crippen molar-refractivity contribution in [2.45, 2.75) is 38.5 Å². The zero-order valence-electron chi connectivity index (χ0n) is 15.4. The van der Waals surface area contributed by atoms with E-state index in [1.807, 2.05) is 0 Å². The van der Waals surface area contributed by atoms with Crippen molar-refractivity contribution in [1.82, 2.24) is 0 Å². The number of hydrogen-bond acceptors (Lipinski definition) is 0. The molecular weight excluding hydrogens is 338 g/mol. The molecule has 0 radical (unpaired) electrons. The fourth-order valence-electron chi connectivity index (χ4n) is 4.34. The van der Waals surface area contributed by atoms with Crippen LogP contribution in [0.15, 0.2) is 54.6 Å². The van der Waals surface area contributed by atoms with Crippen molar-refractivity contribution in [2.24, 2.45) is 5.92 Å². The van der Waals surface area contributed by atoms with E-state index in [0.717, 1.165) is 31.7 Å². The highest BCUT2D eigenvalue weighted by atomic mass is 19.1. The first-order chi connectivity index (χ1) is 13.2. The maximum absolute atomic E-state index is 13.5. The van der Waals surface area contributed by atoms with Gasteiger partial charge in [0.05, 0.1) is 0 Å². The van der Waals surface area contributed by atoms with Crippen molar-refractivity contribution in [3.05, 3.63) is 82.9 Å². The zero-order valence-corrected chi connectivity index (χ0v) is 15.4. The summed E-state index contributed by atoms with van der Waals surface area (Å²) in [5, 5.41) is 2.55. The van der Waals surface area contributed by atoms with E-state index >= 15 is 0 Å². The maximum Gasteiger partial charge on any atom is 0.127 e. The summed E-state index contributed by atoms with van der Waals surface area (Å²) in [6.45, 7) is 2.20. The second kappa shape index (κ2) is 7.53. The van der Waals surface area contributed by atoms with Gasteiger partial charge in [0.2, 0.25) is 0 Å². The molecule has 0 N–H and O–H groups in total. The second-order valence-corrected chi connectivity index (χ2v) is 7.35. The van der Waals surface area contributed by atoms with Crippen molar-refractivity contribution in [1.29, 1.82) is 0 Å². The fraction of sp³-hybridized carbons (Fsp3) is 0.280. The molecule has 2 unspecified atom stereocenters. The van der Waals surface area contributed by atoms with Crippen LogP contribution < -0.4 is 0 Å². The highest BCUT2D eigenvalue weighted by molar-refractivity contribution is 5.87. The molecule has 0 amide bonds. The molecule has 0 saturated carbocycles. The summed E-state index contributed by atoms with van der Waals surface area (Å²) in [6, 6.07) is 16.3. The maximum atomic E-state index is 13.5. The van der Waals surface area contributed by atoms with Crippen LogP contribution in [0.5, 0.6) is 0 Å². The molecule has 3 aromatic rings. The normalized spacial score (nSPS) is 18.6. The van der Waals surface area contributed by atoms with Crippen LogP contribution in [0.4, 0.5) is 8.78 Å². The van der Waals surface area contributed by atoms with E-state index in [0.29, 0.717) is 11.5 Å². The molecule has 0 heterocycles. The van der Waals surface area contributed by atoms with Gasteiger partial charge in [-0.05, 0) is 59.2 Å². The van der Waals surface area contributed by atoms with Gasteiger partial charge < -0.3 is 0 Å². The van der Waals surface area contributed by atoms with E-state index in [4.69, 9.17) is 0 Å². The average molecular weight is 360 g/mol. The summed E-state index contributed by atoms with van der Waals surface area (Å²) in [5.74, 6) is 5.82. The Hall–Kier alpha value is -2.66. The van der Waals surface area contributed by atoms with Crippen LogP contribution in [0.3, 0.4) is 0 Å². The predicted octanol–water partition coefficient (Wildman–Crippen LogP) is 6.62. The van der Waals surface area contributed by atoms with Crippen molar-refractivity contribution in [3.8, 4) is 11.8 Å². The Morgan fingerprint density at radius 1 is 1.00 bits per heavy atom. The van der Waals surface area contributed by atoms with Gasteiger partial charge in [-0.1, -0.05) is 61.6 Å². The van der Waals surface area contributed by atoms with Crippen molar-refractivity contribution in [2.75, 3.05) is 0 Å². The van der Waals surface area contributed by atoms with Gasteiger partial charge in [-0.15, -0.1) is 0 Å². The molecule has 0 aliphatic heterocycles. The lowest BCUT2D eigenvalue weighted by atomic mass is 9.72. The Bertz CT molecular complexity index is 1020.